The number of amides is 4. The van der Waals surface area contributed by atoms with Gasteiger partial charge in [0.05, 0.1) is 13.1 Å². The molecule has 19 heavy (non-hydrogen) atoms. The van der Waals surface area contributed by atoms with Crippen LogP contribution in [0.3, 0.4) is 0 Å². The zero-order valence-electron chi connectivity index (χ0n) is 10.8. The van der Waals surface area contributed by atoms with Gasteiger partial charge in [-0.1, -0.05) is 0 Å². The molecule has 0 fully saturated rings. The number of urea groups is 1. The second-order valence-corrected chi connectivity index (χ2v) is 3.93. The van der Waals surface area contributed by atoms with E-state index in [0.717, 1.165) is 0 Å². The SMILES string of the molecule is CC(C)NC(=O)CNC(=O)NCC(=O)NCC(=O)O. The molecule has 9 heteroatoms. The van der Waals surface area contributed by atoms with Crippen LogP contribution in [0, 0.1) is 0 Å². The van der Waals surface area contributed by atoms with E-state index < -0.39 is 24.5 Å². The van der Waals surface area contributed by atoms with Crippen LogP contribution in [0.15, 0.2) is 0 Å². The second kappa shape index (κ2) is 8.72. The first-order valence-corrected chi connectivity index (χ1v) is 5.60. The van der Waals surface area contributed by atoms with Crippen LogP contribution in [-0.2, 0) is 14.4 Å². The van der Waals surface area contributed by atoms with Crippen LogP contribution in [-0.4, -0.2) is 54.6 Å². The van der Waals surface area contributed by atoms with Crippen molar-refractivity contribution in [1.82, 2.24) is 21.3 Å². The number of hydrogen-bond acceptors (Lipinski definition) is 4. The fourth-order valence-electron chi connectivity index (χ4n) is 0.993. The monoisotopic (exact) mass is 274 g/mol. The van der Waals surface area contributed by atoms with Gasteiger partial charge in [-0.3, -0.25) is 14.4 Å². The van der Waals surface area contributed by atoms with E-state index in [1.807, 2.05) is 0 Å². The van der Waals surface area contributed by atoms with Gasteiger partial charge in [-0.25, -0.2) is 4.79 Å². The van der Waals surface area contributed by atoms with E-state index in [1.165, 1.54) is 0 Å². The maximum atomic E-state index is 11.2. The first kappa shape index (κ1) is 16.7. The largest absolute Gasteiger partial charge is 0.480 e. The van der Waals surface area contributed by atoms with E-state index in [-0.39, 0.29) is 25.0 Å². The van der Waals surface area contributed by atoms with Gasteiger partial charge in [-0.15, -0.1) is 0 Å². The van der Waals surface area contributed by atoms with Crippen LogP contribution < -0.4 is 21.3 Å². The van der Waals surface area contributed by atoms with Gasteiger partial charge in [0.2, 0.25) is 11.8 Å². The third-order valence-corrected chi connectivity index (χ3v) is 1.71. The summed E-state index contributed by atoms with van der Waals surface area (Å²) in [4.78, 5) is 43.5. The minimum absolute atomic E-state index is 0.0286. The average molecular weight is 274 g/mol. The maximum absolute atomic E-state index is 11.2. The van der Waals surface area contributed by atoms with Gasteiger partial charge in [0.25, 0.3) is 0 Å². The summed E-state index contributed by atoms with van der Waals surface area (Å²) >= 11 is 0. The number of rotatable bonds is 7. The fraction of sp³-hybridized carbons (Fsp3) is 0.600. The van der Waals surface area contributed by atoms with Gasteiger partial charge in [0, 0.05) is 6.04 Å². The lowest BCUT2D eigenvalue weighted by molar-refractivity contribution is -0.137. The highest BCUT2D eigenvalue weighted by molar-refractivity contribution is 5.88. The highest BCUT2D eigenvalue weighted by Gasteiger charge is 2.08. The minimum atomic E-state index is -1.18. The Labute approximate surface area is 110 Å². The lowest BCUT2D eigenvalue weighted by Crippen LogP contribution is -2.46. The summed E-state index contributed by atoms with van der Waals surface area (Å²) in [6.45, 7) is 2.47. The summed E-state index contributed by atoms with van der Waals surface area (Å²) in [7, 11) is 0. The molecule has 0 spiro atoms. The van der Waals surface area contributed by atoms with Crippen LogP contribution >= 0.6 is 0 Å². The Kier molecular flexibility index (Phi) is 7.66. The molecule has 0 aromatic heterocycles. The Hall–Kier alpha value is -2.32. The first-order valence-electron chi connectivity index (χ1n) is 5.60. The van der Waals surface area contributed by atoms with Crippen molar-refractivity contribution in [3.8, 4) is 0 Å². The third-order valence-electron chi connectivity index (χ3n) is 1.71. The van der Waals surface area contributed by atoms with E-state index in [9.17, 15) is 19.2 Å². The summed E-state index contributed by atoms with van der Waals surface area (Å²) in [5.41, 5.74) is 0. The molecule has 0 aromatic rings. The summed E-state index contributed by atoms with van der Waals surface area (Å²) in [5.74, 6) is -2.16. The molecule has 0 heterocycles. The number of carbonyl (C=O) groups excluding carboxylic acids is 3. The molecule has 0 aliphatic heterocycles. The number of carboxylic acid groups (broad SMARTS) is 1. The maximum Gasteiger partial charge on any atom is 0.322 e. The highest BCUT2D eigenvalue weighted by Crippen LogP contribution is 1.76. The Morgan fingerprint density at radius 2 is 1.42 bits per heavy atom. The van der Waals surface area contributed by atoms with Crippen molar-refractivity contribution in [2.45, 2.75) is 19.9 Å². The van der Waals surface area contributed by atoms with Crippen molar-refractivity contribution in [3.05, 3.63) is 0 Å². The summed E-state index contributed by atoms with van der Waals surface area (Å²) < 4.78 is 0. The van der Waals surface area contributed by atoms with E-state index in [0.29, 0.717) is 0 Å². The molecular formula is C10H18N4O5. The van der Waals surface area contributed by atoms with Crippen molar-refractivity contribution in [2.24, 2.45) is 0 Å². The van der Waals surface area contributed by atoms with Crippen molar-refractivity contribution >= 4 is 23.8 Å². The minimum Gasteiger partial charge on any atom is -0.480 e. The van der Waals surface area contributed by atoms with Crippen molar-refractivity contribution < 1.29 is 24.3 Å². The van der Waals surface area contributed by atoms with Gasteiger partial charge in [0.1, 0.15) is 6.54 Å². The summed E-state index contributed by atoms with van der Waals surface area (Å²) in [6.07, 6.45) is 0. The Morgan fingerprint density at radius 3 is 1.89 bits per heavy atom. The highest BCUT2D eigenvalue weighted by atomic mass is 16.4. The topological polar surface area (TPSA) is 137 Å². The molecule has 0 aromatic carbocycles. The number of carboxylic acids is 1. The lowest BCUT2D eigenvalue weighted by atomic mass is 10.4. The Morgan fingerprint density at radius 1 is 0.895 bits per heavy atom. The fourth-order valence-corrected chi connectivity index (χ4v) is 0.993. The van der Waals surface area contributed by atoms with E-state index in [4.69, 9.17) is 5.11 Å². The molecule has 0 atom stereocenters. The van der Waals surface area contributed by atoms with Crippen molar-refractivity contribution in [3.63, 3.8) is 0 Å². The van der Waals surface area contributed by atoms with Crippen LogP contribution in [0.25, 0.3) is 0 Å². The molecule has 0 rings (SSSR count). The number of aliphatic carboxylic acids is 1. The number of hydrogen-bond donors (Lipinski definition) is 5. The van der Waals surface area contributed by atoms with E-state index in [2.05, 4.69) is 21.3 Å². The zero-order valence-corrected chi connectivity index (χ0v) is 10.8. The summed E-state index contributed by atoms with van der Waals surface area (Å²) in [6, 6.07) is -0.719. The van der Waals surface area contributed by atoms with E-state index >= 15 is 0 Å². The molecular weight excluding hydrogens is 256 g/mol. The summed E-state index contributed by atoms with van der Waals surface area (Å²) in [5, 5.41) is 17.4. The third kappa shape index (κ3) is 10.5. The molecule has 0 aliphatic carbocycles. The smallest absolute Gasteiger partial charge is 0.322 e. The predicted molar refractivity (Wildman–Crippen MR) is 65.3 cm³/mol. The van der Waals surface area contributed by atoms with Crippen LogP contribution in [0.4, 0.5) is 4.79 Å². The van der Waals surface area contributed by atoms with Crippen molar-refractivity contribution in [2.75, 3.05) is 19.6 Å². The van der Waals surface area contributed by atoms with Crippen LogP contribution in [0.2, 0.25) is 0 Å². The molecule has 108 valence electrons. The van der Waals surface area contributed by atoms with Gasteiger partial charge in [0.15, 0.2) is 0 Å². The Balaban J connectivity index is 3.72. The second-order valence-electron chi connectivity index (χ2n) is 3.93. The van der Waals surface area contributed by atoms with Gasteiger partial charge in [-0.05, 0) is 13.8 Å². The van der Waals surface area contributed by atoms with E-state index in [1.54, 1.807) is 13.8 Å². The predicted octanol–water partition coefficient (Wildman–Crippen LogP) is -1.99. The van der Waals surface area contributed by atoms with Crippen LogP contribution in [0.5, 0.6) is 0 Å². The number of nitrogens with one attached hydrogen (secondary N) is 4. The first-order chi connectivity index (χ1) is 8.81. The average Bonchev–Trinajstić information content (AvgIpc) is 2.30. The van der Waals surface area contributed by atoms with Crippen molar-refractivity contribution in [1.29, 1.82) is 0 Å². The molecule has 0 unspecified atom stereocenters. The lowest BCUT2D eigenvalue weighted by Gasteiger charge is -2.10. The quantitative estimate of drug-likeness (QED) is 0.366. The zero-order chi connectivity index (χ0) is 14.8. The normalized spacial score (nSPS) is 9.63. The van der Waals surface area contributed by atoms with Gasteiger partial charge in [-0.2, -0.15) is 0 Å². The van der Waals surface area contributed by atoms with Crippen LogP contribution in [0.1, 0.15) is 13.8 Å². The molecule has 0 bridgehead atoms. The molecule has 9 nitrogen and oxygen atoms in total. The number of carbonyl (C=O) groups is 4. The molecule has 5 N–H and O–H groups in total. The Bertz CT molecular complexity index is 356. The van der Waals surface area contributed by atoms with Gasteiger partial charge >= 0.3 is 12.0 Å². The molecule has 0 saturated heterocycles. The van der Waals surface area contributed by atoms with Gasteiger partial charge < -0.3 is 26.4 Å². The standard InChI is InChI=1S/C10H18N4O5/c1-6(2)14-8(16)4-13-10(19)12-3-7(15)11-5-9(17)18/h6H,3-5H2,1-2H3,(H,11,15)(H,14,16)(H,17,18)(H2,12,13,19). The molecule has 0 aliphatic rings. The molecule has 4 amide bonds. The molecule has 0 saturated carbocycles. The molecule has 0 radical (unpaired) electrons.